The van der Waals surface area contributed by atoms with Crippen molar-refractivity contribution < 1.29 is 9.59 Å². The number of rotatable bonds is 6. The molecule has 3 aliphatic rings. The number of benzene rings is 2. The van der Waals surface area contributed by atoms with E-state index < -0.39 is 0 Å². The van der Waals surface area contributed by atoms with Gasteiger partial charge in [0.2, 0.25) is 5.91 Å². The van der Waals surface area contributed by atoms with Crippen LogP contribution >= 0.6 is 0 Å². The molecule has 2 aliphatic heterocycles. The minimum absolute atomic E-state index is 0.0915. The zero-order valence-corrected chi connectivity index (χ0v) is 23.5. The molecule has 2 amide bonds. The third kappa shape index (κ3) is 5.31. The van der Waals surface area contributed by atoms with E-state index in [0.29, 0.717) is 56.5 Å². The van der Waals surface area contributed by atoms with Crippen LogP contribution in [0.25, 0.3) is 0 Å². The standard InChI is InChI=1S/C32H40N6O2/c1-23-7-11-27(12-8-23)37-17-15-28-30(32(37)40)38(34-31(28)33)18-16-29(39)36-21-19-35(20-22-36)26-13-9-25(10-14-26)24-5-3-2-4-6-24/h7-14,24H,2-6,15-22H2,1H3,(H2,33,34). The van der Waals surface area contributed by atoms with E-state index in [1.807, 2.05) is 36.1 Å². The number of nitrogen functional groups attached to an aromatic ring is 1. The summed E-state index contributed by atoms with van der Waals surface area (Å²) in [6, 6.07) is 17.1. The van der Waals surface area contributed by atoms with Crippen molar-refractivity contribution in [2.75, 3.05) is 48.3 Å². The van der Waals surface area contributed by atoms with Crippen LogP contribution in [-0.4, -0.2) is 59.2 Å². The van der Waals surface area contributed by atoms with E-state index in [1.165, 1.54) is 43.4 Å². The van der Waals surface area contributed by atoms with Crippen LogP contribution in [0, 0.1) is 6.92 Å². The van der Waals surface area contributed by atoms with Crippen LogP contribution in [-0.2, 0) is 17.8 Å². The van der Waals surface area contributed by atoms with Crippen LogP contribution in [0.4, 0.5) is 17.2 Å². The summed E-state index contributed by atoms with van der Waals surface area (Å²) >= 11 is 0. The van der Waals surface area contributed by atoms with Gasteiger partial charge in [0.1, 0.15) is 11.5 Å². The average Bonchev–Trinajstić information content (AvgIpc) is 3.33. The molecule has 8 heteroatoms. The Labute approximate surface area is 236 Å². The van der Waals surface area contributed by atoms with Crippen molar-refractivity contribution in [3.8, 4) is 0 Å². The molecule has 6 rings (SSSR count). The molecular weight excluding hydrogens is 500 g/mol. The number of hydrogen-bond donors (Lipinski definition) is 1. The number of anilines is 3. The normalized spacial score (nSPS) is 18.2. The summed E-state index contributed by atoms with van der Waals surface area (Å²) in [6.45, 7) is 5.98. The summed E-state index contributed by atoms with van der Waals surface area (Å²) < 4.78 is 1.65. The quantitative estimate of drug-likeness (QED) is 0.487. The second kappa shape index (κ2) is 11.4. The van der Waals surface area contributed by atoms with Crippen molar-refractivity contribution in [3.63, 3.8) is 0 Å². The molecule has 0 spiro atoms. The predicted octanol–water partition coefficient (Wildman–Crippen LogP) is 4.76. The first-order valence-electron chi connectivity index (χ1n) is 14.8. The van der Waals surface area contributed by atoms with Gasteiger partial charge in [-0.25, -0.2) is 0 Å². The number of fused-ring (bicyclic) bond motifs is 1. The van der Waals surface area contributed by atoms with Gasteiger partial charge in [0, 0.05) is 56.1 Å². The lowest BCUT2D eigenvalue weighted by molar-refractivity contribution is -0.131. The second-order valence-corrected chi connectivity index (χ2v) is 11.5. The van der Waals surface area contributed by atoms with Gasteiger partial charge in [0.15, 0.2) is 0 Å². The maximum absolute atomic E-state index is 13.5. The van der Waals surface area contributed by atoms with Gasteiger partial charge in [-0.2, -0.15) is 5.10 Å². The van der Waals surface area contributed by atoms with E-state index in [9.17, 15) is 9.59 Å². The minimum Gasteiger partial charge on any atom is -0.382 e. The first-order valence-corrected chi connectivity index (χ1v) is 14.8. The van der Waals surface area contributed by atoms with Crippen molar-refractivity contribution in [1.29, 1.82) is 0 Å². The van der Waals surface area contributed by atoms with Gasteiger partial charge < -0.3 is 20.4 Å². The number of nitrogens with zero attached hydrogens (tertiary/aromatic N) is 5. The van der Waals surface area contributed by atoms with Crippen molar-refractivity contribution in [2.45, 2.75) is 64.3 Å². The van der Waals surface area contributed by atoms with Crippen LogP contribution in [0.1, 0.15) is 71.6 Å². The number of hydrogen-bond acceptors (Lipinski definition) is 5. The van der Waals surface area contributed by atoms with Crippen LogP contribution in [0.15, 0.2) is 48.5 Å². The minimum atomic E-state index is -0.107. The average molecular weight is 541 g/mol. The number of carbonyl (C=O) groups excluding carboxylic acids is 2. The van der Waals surface area contributed by atoms with Gasteiger partial charge in [-0.1, -0.05) is 49.1 Å². The third-order valence-corrected chi connectivity index (χ3v) is 8.97. The molecule has 2 fully saturated rings. The van der Waals surface area contributed by atoms with Gasteiger partial charge in [-0.3, -0.25) is 14.3 Å². The Morgan fingerprint density at radius 3 is 2.27 bits per heavy atom. The molecule has 40 heavy (non-hydrogen) atoms. The molecule has 0 unspecified atom stereocenters. The monoisotopic (exact) mass is 540 g/mol. The Kier molecular flexibility index (Phi) is 7.50. The molecule has 3 heterocycles. The summed E-state index contributed by atoms with van der Waals surface area (Å²) in [6.07, 6.45) is 7.64. The van der Waals surface area contributed by atoms with Gasteiger partial charge >= 0.3 is 0 Å². The lowest BCUT2D eigenvalue weighted by Gasteiger charge is -2.36. The first kappa shape index (κ1) is 26.4. The Morgan fingerprint density at radius 1 is 0.900 bits per heavy atom. The topological polar surface area (TPSA) is 87.7 Å². The molecule has 0 atom stereocenters. The number of aryl methyl sites for hydroxylation is 2. The fourth-order valence-corrected chi connectivity index (χ4v) is 6.56. The van der Waals surface area contributed by atoms with E-state index in [-0.39, 0.29) is 11.8 Å². The highest BCUT2D eigenvalue weighted by atomic mass is 16.2. The lowest BCUT2D eigenvalue weighted by Crippen LogP contribution is -2.49. The highest BCUT2D eigenvalue weighted by Crippen LogP contribution is 2.33. The maximum Gasteiger partial charge on any atom is 0.276 e. The van der Waals surface area contributed by atoms with E-state index in [0.717, 1.165) is 29.9 Å². The summed E-state index contributed by atoms with van der Waals surface area (Å²) in [5, 5.41) is 4.46. The van der Waals surface area contributed by atoms with Crippen molar-refractivity contribution >= 4 is 29.0 Å². The molecule has 1 aliphatic carbocycles. The molecule has 1 saturated carbocycles. The fraction of sp³-hybridized carbons (Fsp3) is 0.469. The van der Waals surface area contributed by atoms with Gasteiger partial charge in [-0.05, 0) is 61.9 Å². The summed E-state index contributed by atoms with van der Waals surface area (Å²) in [4.78, 5) is 32.7. The smallest absolute Gasteiger partial charge is 0.276 e. The molecule has 2 aromatic carbocycles. The number of carbonyl (C=O) groups is 2. The van der Waals surface area contributed by atoms with Crippen LogP contribution in [0.3, 0.4) is 0 Å². The van der Waals surface area contributed by atoms with E-state index in [4.69, 9.17) is 5.73 Å². The Hall–Kier alpha value is -3.81. The Bertz CT molecular complexity index is 1350. The summed E-state index contributed by atoms with van der Waals surface area (Å²) in [5.41, 5.74) is 12.2. The number of aromatic nitrogens is 2. The van der Waals surface area contributed by atoms with Crippen LogP contribution in [0.2, 0.25) is 0 Å². The molecule has 1 aromatic heterocycles. The summed E-state index contributed by atoms with van der Waals surface area (Å²) in [5.74, 6) is 1.09. The second-order valence-electron chi connectivity index (χ2n) is 11.5. The number of piperazine rings is 1. The van der Waals surface area contributed by atoms with E-state index in [1.54, 1.807) is 9.58 Å². The predicted molar refractivity (Wildman–Crippen MR) is 159 cm³/mol. The molecule has 3 aromatic rings. The zero-order valence-electron chi connectivity index (χ0n) is 23.5. The lowest BCUT2D eigenvalue weighted by atomic mass is 9.84. The highest BCUT2D eigenvalue weighted by molar-refractivity contribution is 6.07. The first-order chi connectivity index (χ1) is 19.5. The molecular formula is C32H40N6O2. The third-order valence-electron chi connectivity index (χ3n) is 8.97. The fourth-order valence-electron chi connectivity index (χ4n) is 6.56. The number of nitrogens with two attached hydrogens (primary N) is 1. The van der Waals surface area contributed by atoms with Gasteiger partial charge in [0.25, 0.3) is 5.91 Å². The molecule has 2 N–H and O–H groups in total. The van der Waals surface area contributed by atoms with Gasteiger partial charge in [-0.15, -0.1) is 0 Å². The van der Waals surface area contributed by atoms with Crippen molar-refractivity contribution in [3.05, 3.63) is 70.9 Å². The molecule has 8 nitrogen and oxygen atoms in total. The SMILES string of the molecule is Cc1ccc(N2CCc3c(N)nn(CCC(=O)N4CCN(c5ccc(C6CCCCC6)cc5)CC4)c3C2=O)cc1. The summed E-state index contributed by atoms with van der Waals surface area (Å²) in [7, 11) is 0. The molecule has 210 valence electrons. The Morgan fingerprint density at radius 2 is 1.57 bits per heavy atom. The number of amides is 2. The van der Waals surface area contributed by atoms with Crippen LogP contribution in [0.5, 0.6) is 0 Å². The molecule has 0 bridgehead atoms. The van der Waals surface area contributed by atoms with E-state index in [2.05, 4.69) is 34.3 Å². The zero-order chi connectivity index (χ0) is 27.6. The largest absolute Gasteiger partial charge is 0.382 e. The highest BCUT2D eigenvalue weighted by Gasteiger charge is 2.32. The van der Waals surface area contributed by atoms with E-state index >= 15 is 0 Å². The van der Waals surface area contributed by atoms with Crippen molar-refractivity contribution in [2.24, 2.45) is 0 Å². The molecule has 1 saturated heterocycles. The maximum atomic E-state index is 13.5. The van der Waals surface area contributed by atoms with Crippen molar-refractivity contribution in [1.82, 2.24) is 14.7 Å². The Balaban J connectivity index is 1.04. The van der Waals surface area contributed by atoms with Crippen LogP contribution < -0.4 is 15.5 Å². The van der Waals surface area contributed by atoms with Gasteiger partial charge in [0.05, 0.1) is 6.54 Å². The molecule has 0 radical (unpaired) electrons.